The van der Waals surface area contributed by atoms with Crippen molar-refractivity contribution in [3.05, 3.63) is 69.4 Å². The van der Waals surface area contributed by atoms with E-state index in [-0.39, 0.29) is 17.1 Å². The lowest BCUT2D eigenvalue weighted by molar-refractivity contribution is 0.481. The van der Waals surface area contributed by atoms with Gasteiger partial charge < -0.3 is 15.4 Å². The summed E-state index contributed by atoms with van der Waals surface area (Å²) in [5.41, 5.74) is 3.39. The zero-order valence-corrected chi connectivity index (χ0v) is 16.3. The van der Waals surface area contributed by atoms with Crippen molar-refractivity contribution in [3.8, 4) is 17.0 Å². The first-order valence-corrected chi connectivity index (χ1v) is 10.6. The van der Waals surface area contributed by atoms with Gasteiger partial charge in [0.05, 0.1) is 22.9 Å². The van der Waals surface area contributed by atoms with Crippen LogP contribution in [0.25, 0.3) is 22.0 Å². The van der Waals surface area contributed by atoms with E-state index in [1.807, 2.05) is 32.0 Å². The second-order valence-electron chi connectivity index (χ2n) is 7.11. The Morgan fingerprint density at radius 2 is 1.93 bits per heavy atom. The Balaban J connectivity index is 1.84. The molecular formula is C21H20N2O4S. The first kappa shape index (κ1) is 18.3. The van der Waals surface area contributed by atoms with E-state index in [0.29, 0.717) is 22.2 Å². The highest BCUT2D eigenvalue weighted by atomic mass is 32.2. The van der Waals surface area contributed by atoms with Crippen LogP contribution in [-0.4, -0.2) is 30.3 Å². The van der Waals surface area contributed by atoms with Crippen LogP contribution in [0.15, 0.2) is 52.7 Å². The topological polar surface area (TPSA) is 99.3 Å². The number of pyridine rings is 1. The fourth-order valence-electron chi connectivity index (χ4n) is 3.46. The number of benzene rings is 2. The zero-order chi connectivity index (χ0) is 20.1. The maximum absolute atomic E-state index is 12.9. The number of aromatic nitrogens is 1. The van der Waals surface area contributed by atoms with Crippen molar-refractivity contribution in [3.63, 3.8) is 0 Å². The molecule has 0 saturated heterocycles. The van der Waals surface area contributed by atoms with Crippen LogP contribution in [0, 0.1) is 13.8 Å². The Hall–Kier alpha value is -3.06. The summed E-state index contributed by atoms with van der Waals surface area (Å²) in [6, 6.07) is 10.4. The smallest absolute Gasteiger partial charge is 0.258 e. The number of hydrogen-bond acceptors (Lipinski definition) is 5. The van der Waals surface area contributed by atoms with Crippen LogP contribution in [0.1, 0.15) is 11.1 Å². The molecule has 144 valence electrons. The largest absolute Gasteiger partial charge is 0.505 e. The Bertz CT molecular complexity index is 1290. The summed E-state index contributed by atoms with van der Waals surface area (Å²) in [5.74, 6) is -0.0790. The molecule has 0 radical (unpaired) electrons. The standard InChI is InChI=1S/C21H20N2O4S/c1-12-6-7-14(10-13(12)2)19-20(24)16-4-3-5-17(18(16)21(25)23-19)22-15-8-9-28(26,27)11-15/h3-10,15,22,24H,11H2,1-2H3,(H,23,25)/t15-/m1/s1. The van der Waals surface area contributed by atoms with Crippen molar-refractivity contribution in [1.82, 2.24) is 4.98 Å². The first-order valence-electron chi connectivity index (χ1n) is 8.88. The number of rotatable bonds is 3. The van der Waals surface area contributed by atoms with Gasteiger partial charge in [0.25, 0.3) is 5.56 Å². The number of anilines is 1. The van der Waals surface area contributed by atoms with Crippen LogP contribution < -0.4 is 10.9 Å². The Kier molecular flexibility index (Phi) is 4.27. The van der Waals surface area contributed by atoms with Crippen molar-refractivity contribution in [2.24, 2.45) is 0 Å². The van der Waals surface area contributed by atoms with E-state index in [1.54, 1.807) is 24.3 Å². The van der Waals surface area contributed by atoms with Gasteiger partial charge in [0.2, 0.25) is 0 Å². The van der Waals surface area contributed by atoms with E-state index in [2.05, 4.69) is 10.3 Å². The number of aromatic hydroxyl groups is 1. The number of aryl methyl sites for hydroxylation is 2. The molecule has 0 saturated carbocycles. The van der Waals surface area contributed by atoms with Gasteiger partial charge in [-0.2, -0.15) is 0 Å². The molecule has 28 heavy (non-hydrogen) atoms. The Labute approximate surface area is 162 Å². The van der Waals surface area contributed by atoms with Crippen LogP contribution in [0.2, 0.25) is 0 Å². The van der Waals surface area contributed by atoms with E-state index < -0.39 is 15.9 Å². The van der Waals surface area contributed by atoms with Gasteiger partial charge in [-0.05, 0) is 37.1 Å². The lowest BCUT2D eigenvalue weighted by Crippen LogP contribution is -2.22. The predicted molar refractivity (Wildman–Crippen MR) is 111 cm³/mol. The molecule has 1 atom stereocenters. The molecule has 0 fully saturated rings. The molecule has 2 heterocycles. The Morgan fingerprint density at radius 1 is 1.14 bits per heavy atom. The van der Waals surface area contributed by atoms with Crippen molar-refractivity contribution in [1.29, 1.82) is 0 Å². The quantitative estimate of drug-likeness (QED) is 0.631. The van der Waals surface area contributed by atoms with Gasteiger partial charge in [-0.1, -0.05) is 30.3 Å². The Morgan fingerprint density at radius 3 is 2.61 bits per heavy atom. The summed E-state index contributed by atoms with van der Waals surface area (Å²) < 4.78 is 23.3. The molecule has 4 rings (SSSR count). The molecule has 2 aromatic carbocycles. The van der Waals surface area contributed by atoms with Gasteiger partial charge in [0, 0.05) is 22.0 Å². The van der Waals surface area contributed by atoms with E-state index >= 15 is 0 Å². The lowest BCUT2D eigenvalue weighted by atomic mass is 10.0. The van der Waals surface area contributed by atoms with Crippen LogP contribution in [0.4, 0.5) is 5.69 Å². The normalized spacial score (nSPS) is 17.9. The zero-order valence-electron chi connectivity index (χ0n) is 15.5. The molecule has 6 nitrogen and oxygen atoms in total. The number of aromatic amines is 1. The molecule has 0 unspecified atom stereocenters. The summed E-state index contributed by atoms with van der Waals surface area (Å²) >= 11 is 0. The maximum Gasteiger partial charge on any atom is 0.258 e. The SMILES string of the molecule is Cc1ccc(-c2[nH]c(=O)c3c(N[C@@H]4C=CS(=O)(=O)C4)cccc3c2O)cc1C. The second kappa shape index (κ2) is 6.53. The third kappa shape index (κ3) is 3.18. The van der Waals surface area contributed by atoms with E-state index in [1.165, 1.54) is 5.41 Å². The molecule has 0 amide bonds. The molecule has 0 spiro atoms. The summed E-state index contributed by atoms with van der Waals surface area (Å²) in [6.45, 7) is 3.97. The summed E-state index contributed by atoms with van der Waals surface area (Å²) in [5, 5.41) is 15.8. The summed E-state index contributed by atoms with van der Waals surface area (Å²) in [7, 11) is -3.22. The monoisotopic (exact) mass is 396 g/mol. The van der Waals surface area contributed by atoms with Crippen LogP contribution >= 0.6 is 0 Å². The molecule has 0 bridgehead atoms. The molecule has 7 heteroatoms. The molecular weight excluding hydrogens is 376 g/mol. The molecule has 1 aromatic heterocycles. The summed E-state index contributed by atoms with van der Waals surface area (Å²) in [4.78, 5) is 15.6. The van der Waals surface area contributed by atoms with Crippen LogP contribution in [0.5, 0.6) is 5.75 Å². The minimum absolute atomic E-state index is 0.0175. The van der Waals surface area contributed by atoms with Crippen molar-refractivity contribution >= 4 is 26.3 Å². The third-order valence-electron chi connectivity index (χ3n) is 5.09. The van der Waals surface area contributed by atoms with Crippen LogP contribution in [0.3, 0.4) is 0 Å². The average molecular weight is 396 g/mol. The maximum atomic E-state index is 12.9. The van der Waals surface area contributed by atoms with E-state index in [0.717, 1.165) is 16.7 Å². The van der Waals surface area contributed by atoms with E-state index in [9.17, 15) is 18.3 Å². The van der Waals surface area contributed by atoms with Gasteiger partial charge in [-0.3, -0.25) is 4.79 Å². The molecule has 1 aliphatic heterocycles. The first-order chi connectivity index (χ1) is 13.2. The number of fused-ring (bicyclic) bond motifs is 1. The molecule has 3 aromatic rings. The number of sulfone groups is 1. The number of H-pyrrole nitrogens is 1. The minimum Gasteiger partial charge on any atom is -0.505 e. The fourth-order valence-corrected chi connectivity index (χ4v) is 4.69. The second-order valence-corrected chi connectivity index (χ2v) is 9.05. The van der Waals surface area contributed by atoms with Gasteiger partial charge in [0.15, 0.2) is 9.84 Å². The third-order valence-corrected chi connectivity index (χ3v) is 6.48. The van der Waals surface area contributed by atoms with Gasteiger partial charge >= 0.3 is 0 Å². The molecule has 3 N–H and O–H groups in total. The van der Waals surface area contributed by atoms with Gasteiger partial charge in [0.1, 0.15) is 5.75 Å². The van der Waals surface area contributed by atoms with Crippen molar-refractivity contribution in [2.75, 3.05) is 11.1 Å². The molecule has 0 aliphatic carbocycles. The highest BCUT2D eigenvalue weighted by Crippen LogP contribution is 2.35. The van der Waals surface area contributed by atoms with Crippen LogP contribution in [-0.2, 0) is 9.84 Å². The average Bonchev–Trinajstić information content (AvgIpc) is 2.99. The minimum atomic E-state index is -3.22. The van der Waals surface area contributed by atoms with Gasteiger partial charge in [-0.25, -0.2) is 8.42 Å². The van der Waals surface area contributed by atoms with E-state index in [4.69, 9.17) is 0 Å². The van der Waals surface area contributed by atoms with Crippen molar-refractivity contribution < 1.29 is 13.5 Å². The number of hydrogen-bond donors (Lipinski definition) is 3. The highest BCUT2D eigenvalue weighted by molar-refractivity contribution is 7.94. The fraction of sp³-hybridized carbons (Fsp3) is 0.190. The predicted octanol–water partition coefficient (Wildman–Crippen LogP) is 3.24. The number of nitrogens with one attached hydrogen (secondary N) is 2. The molecule has 1 aliphatic rings. The highest BCUT2D eigenvalue weighted by Gasteiger charge is 2.23. The summed E-state index contributed by atoms with van der Waals surface area (Å²) in [6.07, 6.45) is 1.56. The lowest BCUT2D eigenvalue weighted by Gasteiger charge is -2.15. The van der Waals surface area contributed by atoms with Gasteiger partial charge in [-0.15, -0.1) is 0 Å². The van der Waals surface area contributed by atoms with Crippen molar-refractivity contribution in [2.45, 2.75) is 19.9 Å².